The fourth-order valence-electron chi connectivity index (χ4n) is 0.772. The Labute approximate surface area is 86.0 Å². The van der Waals surface area contributed by atoms with Gasteiger partial charge in [-0.15, -0.1) is 6.58 Å². The highest BCUT2D eigenvalue weighted by molar-refractivity contribution is 6.53. The van der Waals surface area contributed by atoms with Crippen molar-refractivity contribution < 1.29 is 22.4 Å². The van der Waals surface area contributed by atoms with E-state index in [1.807, 2.05) is 0 Å². The third-order valence-corrected chi connectivity index (χ3v) is 3.52. The van der Waals surface area contributed by atoms with Gasteiger partial charge in [0.15, 0.2) is 0 Å². The van der Waals surface area contributed by atoms with E-state index in [0.29, 0.717) is 19.8 Å². The van der Waals surface area contributed by atoms with Crippen molar-refractivity contribution in [1.82, 2.24) is 0 Å². The number of hydrogen-bond acceptors (Lipinski definition) is 5. The van der Waals surface area contributed by atoms with Crippen molar-refractivity contribution in [3.05, 3.63) is 12.7 Å². The molecule has 0 unspecified atom stereocenters. The lowest BCUT2D eigenvalue weighted by Gasteiger charge is -2.24. The maximum atomic E-state index is 5.37. The molecule has 0 aliphatic rings. The molecule has 0 amide bonds. The van der Waals surface area contributed by atoms with Gasteiger partial charge >= 0.3 is 9.05 Å². The summed E-state index contributed by atoms with van der Waals surface area (Å²) in [4.78, 5) is 0. The van der Waals surface area contributed by atoms with Crippen molar-refractivity contribution in [2.24, 2.45) is 0 Å². The zero-order chi connectivity index (χ0) is 10.9. The summed E-state index contributed by atoms with van der Waals surface area (Å²) in [6.07, 6.45) is 1.61. The van der Waals surface area contributed by atoms with Crippen LogP contribution in [0.5, 0.6) is 0 Å². The Kier molecular flexibility index (Phi) is 7.96. The fraction of sp³-hybridized carbons (Fsp3) is 0.750. The van der Waals surface area contributed by atoms with E-state index < -0.39 is 9.05 Å². The highest BCUT2D eigenvalue weighted by Crippen LogP contribution is 2.08. The first-order valence-corrected chi connectivity index (χ1v) is 5.86. The molecule has 0 rings (SSSR count). The number of methoxy groups -OCH3 is 1. The van der Waals surface area contributed by atoms with E-state index in [0.717, 1.165) is 0 Å². The molecular weight excluding hydrogens is 204 g/mol. The molecule has 6 heteroatoms. The molecule has 0 spiro atoms. The summed E-state index contributed by atoms with van der Waals surface area (Å²) < 4.78 is 25.7. The minimum Gasteiger partial charge on any atom is -0.382 e. The van der Waals surface area contributed by atoms with Crippen LogP contribution in [0.3, 0.4) is 0 Å². The van der Waals surface area contributed by atoms with Crippen molar-refractivity contribution in [2.75, 3.05) is 41.2 Å². The van der Waals surface area contributed by atoms with Gasteiger partial charge in [-0.3, -0.25) is 0 Å². The van der Waals surface area contributed by atoms with Crippen molar-refractivity contribution in [2.45, 2.75) is 0 Å². The average Bonchev–Trinajstić information content (AvgIpc) is 2.24. The zero-order valence-electron chi connectivity index (χ0n) is 8.95. The highest BCUT2D eigenvalue weighted by Gasteiger charge is 2.43. The number of ether oxygens (including phenoxy) is 1. The molecule has 0 aromatic heterocycles. The van der Waals surface area contributed by atoms with Gasteiger partial charge in [-0.2, -0.15) is 0 Å². The van der Waals surface area contributed by atoms with Crippen molar-refractivity contribution in [1.29, 1.82) is 0 Å². The van der Waals surface area contributed by atoms with Crippen LogP contribution in [0.25, 0.3) is 0 Å². The smallest absolute Gasteiger partial charge is 0.382 e. The first kappa shape index (κ1) is 13.8. The number of hydrogen-bond donors (Lipinski definition) is 0. The Hall–Kier alpha value is -0.243. The molecule has 0 saturated carbocycles. The zero-order valence-corrected chi connectivity index (χ0v) is 9.95. The Balaban J connectivity index is 3.99. The summed E-state index contributed by atoms with van der Waals surface area (Å²) in [5.74, 6) is 0. The average molecular weight is 222 g/mol. The van der Waals surface area contributed by atoms with Gasteiger partial charge in [0.25, 0.3) is 0 Å². The van der Waals surface area contributed by atoms with Crippen molar-refractivity contribution >= 4 is 9.05 Å². The summed E-state index contributed by atoms with van der Waals surface area (Å²) in [5.41, 5.74) is 0. The molecule has 0 heterocycles. The van der Waals surface area contributed by atoms with E-state index in [-0.39, 0.29) is 0 Å². The van der Waals surface area contributed by atoms with Crippen LogP contribution >= 0.6 is 0 Å². The summed E-state index contributed by atoms with van der Waals surface area (Å²) >= 11 is 0. The molecule has 0 aromatic rings. The Morgan fingerprint density at radius 1 is 1.07 bits per heavy atom. The van der Waals surface area contributed by atoms with Gasteiger partial charge in [0, 0.05) is 21.3 Å². The summed E-state index contributed by atoms with van der Waals surface area (Å²) in [6, 6.07) is 0. The fourth-order valence-corrected chi connectivity index (χ4v) is 2.15. The molecule has 0 aliphatic carbocycles. The predicted molar refractivity (Wildman–Crippen MR) is 53.7 cm³/mol. The second kappa shape index (κ2) is 8.10. The molecule has 0 N–H and O–H groups in total. The van der Waals surface area contributed by atoms with E-state index in [2.05, 4.69) is 6.58 Å². The second-order valence-electron chi connectivity index (χ2n) is 2.35. The molecule has 0 radical (unpaired) electrons. The largest absolute Gasteiger partial charge is 0.679 e. The van der Waals surface area contributed by atoms with Crippen LogP contribution in [0.1, 0.15) is 0 Å². The minimum absolute atomic E-state index is 0.334. The van der Waals surface area contributed by atoms with E-state index >= 15 is 0 Å². The van der Waals surface area contributed by atoms with Gasteiger partial charge in [0.2, 0.25) is 0 Å². The van der Waals surface area contributed by atoms with Crippen LogP contribution in [0.2, 0.25) is 0 Å². The lowest BCUT2D eigenvalue weighted by molar-refractivity contribution is -0.0139. The van der Waals surface area contributed by atoms with Gasteiger partial charge in [-0.25, -0.2) is 0 Å². The Morgan fingerprint density at radius 2 is 1.71 bits per heavy atom. The summed E-state index contributed by atoms with van der Waals surface area (Å²) in [7, 11) is 1.62. The van der Waals surface area contributed by atoms with Gasteiger partial charge in [-0.1, -0.05) is 6.08 Å². The lowest BCUT2D eigenvalue weighted by atomic mass is 10.7. The highest BCUT2D eigenvalue weighted by atomic mass is 28.4. The molecule has 0 fully saturated rings. The molecule has 14 heavy (non-hydrogen) atoms. The van der Waals surface area contributed by atoms with E-state index in [1.165, 1.54) is 14.2 Å². The Bertz CT molecular complexity index is 149. The van der Waals surface area contributed by atoms with Crippen molar-refractivity contribution in [3.8, 4) is 0 Å². The molecule has 5 nitrogen and oxygen atoms in total. The molecule has 0 bridgehead atoms. The lowest BCUT2D eigenvalue weighted by Crippen LogP contribution is -2.48. The van der Waals surface area contributed by atoms with Crippen LogP contribution in [0.4, 0.5) is 0 Å². The summed E-state index contributed by atoms with van der Waals surface area (Å²) in [6.45, 7) is 4.72. The monoisotopic (exact) mass is 222 g/mol. The normalized spacial score (nSPS) is 11.6. The standard InChI is InChI=1S/C8H18O5Si/c1-5-6-12-14(10-3,11-4)13-8-7-9-2/h5H,1,6-8H2,2-4H3. The quantitative estimate of drug-likeness (QED) is 0.324. The number of rotatable bonds is 9. The molecule has 0 atom stereocenters. The van der Waals surface area contributed by atoms with Crippen LogP contribution in [-0.2, 0) is 22.4 Å². The second-order valence-corrected chi connectivity index (χ2v) is 4.74. The van der Waals surface area contributed by atoms with E-state index in [9.17, 15) is 0 Å². The maximum absolute atomic E-state index is 5.37. The predicted octanol–water partition coefficient (Wildman–Crippen LogP) is 0.580. The van der Waals surface area contributed by atoms with Gasteiger partial charge in [-0.05, 0) is 0 Å². The van der Waals surface area contributed by atoms with Crippen LogP contribution < -0.4 is 0 Å². The molecule has 84 valence electrons. The summed E-state index contributed by atoms with van der Waals surface area (Å²) in [5, 5.41) is 0. The Morgan fingerprint density at radius 3 is 2.14 bits per heavy atom. The first-order chi connectivity index (χ1) is 6.74. The van der Waals surface area contributed by atoms with Crippen molar-refractivity contribution in [3.63, 3.8) is 0 Å². The van der Waals surface area contributed by atoms with Crippen LogP contribution in [0.15, 0.2) is 12.7 Å². The van der Waals surface area contributed by atoms with Crippen LogP contribution in [0, 0.1) is 0 Å². The molecule has 0 aliphatic heterocycles. The van der Waals surface area contributed by atoms with Gasteiger partial charge in [0.05, 0.1) is 19.8 Å². The maximum Gasteiger partial charge on any atom is 0.679 e. The third kappa shape index (κ3) is 4.84. The van der Waals surface area contributed by atoms with Crippen LogP contribution in [-0.4, -0.2) is 50.2 Å². The van der Waals surface area contributed by atoms with Gasteiger partial charge in [0.1, 0.15) is 0 Å². The topological polar surface area (TPSA) is 46.2 Å². The first-order valence-electron chi connectivity index (χ1n) is 4.22. The minimum atomic E-state index is -2.95. The van der Waals surface area contributed by atoms with E-state index in [4.69, 9.17) is 22.4 Å². The molecule has 0 saturated heterocycles. The molecule has 0 aromatic carbocycles. The van der Waals surface area contributed by atoms with Gasteiger partial charge < -0.3 is 22.4 Å². The molecular formula is C8H18O5Si. The van der Waals surface area contributed by atoms with E-state index in [1.54, 1.807) is 13.2 Å². The third-order valence-electron chi connectivity index (χ3n) is 1.44. The SMILES string of the molecule is C=CCO[Si](OC)(OC)OCCOC.